The minimum absolute atomic E-state index is 0.0810. The normalized spacial score (nSPS) is 19.2. The van der Waals surface area contributed by atoms with Crippen molar-refractivity contribution < 1.29 is 28.4 Å². The average Bonchev–Trinajstić information content (AvgIpc) is 3.21. The number of imide groups is 1. The summed E-state index contributed by atoms with van der Waals surface area (Å²) in [5.74, 6) is 0.419. The van der Waals surface area contributed by atoms with Crippen LogP contribution in [0, 0.1) is 0 Å². The van der Waals surface area contributed by atoms with Crippen LogP contribution in [-0.4, -0.2) is 96.6 Å². The highest BCUT2D eigenvalue weighted by Gasteiger charge is 2.44. The van der Waals surface area contributed by atoms with Crippen LogP contribution in [-0.2, 0) is 14.3 Å². The molecule has 1 fully saturated rings. The van der Waals surface area contributed by atoms with E-state index >= 15 is 0 Å². The van der Waals surface area contributed by atoms with Crippen molar-refractivity contribution in [2.24, 2.45) is 9.98 Å². The number of amidine groups is 2. The number of carbonyl (C=O) groups excluding carboxylic acids is 3. The molecule has 0 aromatic heterocycles. The summed E-state index contributed by atoms with van der Waals surface area (Å²) in [5.41, 5.74) is 0.741. The average molecular weight is 398 g/mol. The number of urea groups is 1. The molecule has 4 amide bonds. The summed E-state index contributed by atoms with van der Waals surface area (Å²) in [5, 5.41) is 0. The van der Waals surface area contributed by atoms with Crippen molar-refractivity contribution in [1.82, 2.24) is 9.80 Å². The standard InChI is InChI=1S/C19H20N5O5/c1-22-17-15(18(26)23(2)19(22)27)20-16(21-17)12-4-3-5-13(10-12)29-11-14(25)24-6-8-28-9-7-24/h3-5,10H,6-9,11H2,1-2H3/q+1. The Bertz CT molecular complexity index is 990. The van der Waals surface area contributed by atoms with Gasteiger partial charge in [0.2, 0.25) is 11.5 Å². The Balaban J connectivity index is 1.51. The molecule has 3 heterocycles. The number of hydrogen-bond donors (Lipinski definition) is 0. The smallest absolute Gasteiger partial charge is 0.446 e. The number of fused-ring (bicyclic) bond motifs is 1. The van der Waals surface area contributed by atoms with Crippen LogP contribution in [0.25, 0.3) is 0 Å². The first-order chi connectivity index (χ1) is 14.0. The molecule has 4 rings (SSSR count). The number of morpholine rings is 1. The number of nitrogens with zero attached hydrogens (tertiary/aromatic N) is 5. The molecule has 3 aliphatic rings. The van der Waals surface area contributed by atoms with Crippen molar-refractivity contribution in [3.8, 4) is 5.75 Å². The third kappa shape index (κ3) is 3.54. The Hall–Kier alpha value is -3.40. The van der Waals surface area contributed by atoms with Crippen molar-refractivity contribution in [1.29, 1.82) is 0 Å². The van der Waals surface area contributed by atoms with Crippen LogP contribution < -0.4 is 4.74 Å². The Labute approximate surface area is 166 Å². The molecule has 10 nitrogen and oxygen atoms in total. The number of rotatable bonds is 4. The van der Waals surface area contributed by atoms with E-state index in [0.29, 0.717) is 43.5 Å². The van der Waals surface area contributed by atoms with E-state index in [-0.39, 0.29) is 24.1 Å². The van der Waals surface area contributed by atoms with Crippen LogP contribution >= 0.6 is 0 Å². The van der Waals surface area contributed by atoms with Gasteiger partial charge in [-0.15, -0.1) is 0 Å². The summed E-state index contributed by atoms with van der Waals surface area (Å²) < 4.78 is 12.2. The Morgan fingerprint density at radius 1 is 1.24 bits per heavy atom. The lowest BCUT2D eigenvalue weighted by Gasteiger charge is -2.26. The van der Waals surface area contributed by atoms with Crippen LogP contribution in [0.1, 0.15) is 5.56 Å². The zero-order valence-electron chi connectivity index (χ0n) is 16.1. The molecule has 1 aromatic rings. The summed E-state index contributed by atoms with van der Waals surface area (Å²) >= 11 is 0. The van der Waals surface area contributed by atoms with E-state index in [4.69, 9.17) is 9.47 Å². The van der Waals surface area contributed by atoms with Crippen LogP contribution in [0.15, 0.2) is 34.3 Å². The molecule has 0 radical (unpaired) electrons. The number of ether oxygens (including phenoxy) is 2. The molecule has 3 aliphatic heterocycles. The number of aliphatic imine (C=N–C) groups is 2. The minimum Gasteiger partial charge on any atom is -0.484 e. The predicted molar refractivity (Wildman–Crippen MR) is 103 cm³/mol. The zero-order valence-corrected chi connectivity index (χ0v) is 16.1. The second-order valence-corrected chi connectivity index (χ2v) is 6.73. The summed E-state index contributed by atoms with van der Waals surface area (Å²) in [4.78, 5) is 48.0. The Kier molecular flexibility index (Phi) is 4.93. The van der Waals surface area contributed by atoms with Gasteiger partial charge in [0, 0.05) is 18.7 Å². The topological polar surface area (TPSA) is 104 Å². The van der Waals surface area contributed by atoms with Crippen LogP contribution in [0.4, 0.5) is 4.79 Å². The highest BCUT2D eigenvalue weighted by atomic mass is 16.5. The third-order valence-corrected chi connectivity index (χ3v) is 4.86. The first kappa shape index (κ1) is 18.9. The number of hydrogen-bond acceptors (Lipinski definition) is 7. The molecule has 10 heteroatoms. The van der Waals surface area contributed by atoms with Gasteiger partial charge in [0.25, 0.3) is 5.91 Å². The molecule has 0 saturated carbocycles. The van der Waals surface area contributed by atoms with Crippen LogP contribution in [0.3, 0.4) is 0 Å². The van der Waals surface area contributed by atoms with Gasteiger partial charge in [0.1, 0.15) is 5.75 Å². The molecule has 29 heavy (non-hydrogen) atoms. The fraction of sp³-hybridized carbons (Fsp3) is 0.368. The summed E-state index contributed by atoms with van der Waals surface area (Å²) in [6.45, 7) is 2.10. The lowest BCUT2D eigenvalue weighted by molar-refractivity contribution is -0.401. The molecule has 0 bridgehead atoms. The minimum atomic E-state index is -0.495. The van der Waals surface area contributed by atoms with Gasteiger partial charge in [0.15, 0.2) is 6.61 Å². The lowest BCUT2D eigenvalue weighted by atomic mass is 10.2. The van der Waals surface area contributed by atoms with E-state index in [0.717, 1.165) is 4.90 Å². The van der Waals surface area contributed by atoms with Crippen molar-refractivity contribution in [3.63, 3.8) is 0 Å². The maximum Gasteiger partial charge on any atom is 0.446 e. The Morgan fingerprint density at radius 2 is 2.00 bits per heavy atom. The fourth-order valence-electron chi connectivity index (χ4n) is 3.18. The van der Waals surface area contributed by atoms with Gasteiger partial charge in [-0.3, -0.25) is 4.79 Å². The number of amides is 4. The maximum absolute atomic E-state index is 12.3. The maximum atomic E-state index is 12.3. The van der Waals surface area contributed by atoms with Crippen molar-refractivity contribution in [2.75, 3.05) is 47.0 Å². The molecule has 0 aliphatic carbocycles. The van der Waals surface area contributed by atoms with Gasteiger partial charge in [-0.2, -0.15) is 14.5 Å². The molecule has 0 spiro atoms. The summed E-state index contributed by atoms with van der Waals surface area (Å²) in [6, 6.07) is 6.49. The molecular weight excluding hydrogens is 378 g/mol. The molecule has 1 aromatic carbocycles. The second kappa shape index (κ2) is 7.55. The van der Waals surface area contributed by atoms with Gasteiger partial charge in [0.05, 0.1) is 27.3 Å². The number of benzene rings is 1. The quantitative estimate of drug-likeness (QED) is 0.651. The van der Waals surface area contributed by atoms with E-state index in [1.165, 1.54) is 11.6 Å². The van der Waals surface area contributed by atoms with E-state index in [1.54, 1.807) is 36.2 Å². The lowest BCUT2D eigenvalue weighted by Crippen LogP contribution is -2.51. The molecule has 0 atom stereocenters. The monoisotopic (exact) mass is 398 g/mol. The third-order valence-electron chi connectivity index (χ3n) is 4.86. The highest BCUT2D eigenvalue weighted by molar-refractivity contribution is 6.70. The number of carbonyl (C=O) groups is 3. The second-order valence-electron chi connectivity index (χ2n) is 6.73. The van der Waals surface area contributed by atoms with Crippen molar-refractivity contribution in [2.45, 2.75) is 0 Å². The van der Waals surface area contributed by atoms with Gasteiger partial charge in [-0.05, 0) is 18.2 Å². The molecular formula is C19H20N5O5+. The highest BCUT2D eigenvalue weighted by Crippen LogP contribution is 2.19. The summed E-state index contributed by atoms with van der Waals surface area (Å²) in [7, 11) is 2.94. The first-order valence-corrected chi connectivity index (χ1v) is 9.15. The van der Waals surface area contributed by atoms with Crippen LogP contribution in [0.5, 0.6) is 5.75 Å². The summed E-state index contributed by atoms with van der Waals surface area (Å²) in [6.07, 6.45) is 0. The SMILES string of the molecule is CN1C(=O)C2=NC(c3cccc(OCC(=O)N4CCOCC4)c3)=NC2=[N+](C)C1=O. The van der Waals surface area contributed by atoms with Gasteiger partial charge >= 0.3 is 17.8 Å². The van der Waals surface area contributed by atoms with Gasteiger partial charge in [-0.1, -0.05) is 11.1 Å². The predicted octanol–water partition coefficient (Wildman–Crippen LogP) is -0.242. The van der Waals surface area contributed by atoms with E-state index < -0.39 is 11.9 Å². The fourth-order valence-corrected chi connectivity index (χ4v) is 3.18. The van der Waals surface area contributed by atoms with Crippen molar-refractivity contribution >= 4 is 35.2 Å². The largest absolute Gasteiger partial charge is 0.484 e. The molecule has 0 N–H and O–H groups in total. The van der Waals surface area contributed by atoms with Crippen LogP contribution in [0.2, 0.25) is 0 Å². The van der Waals surface area contributed by atoms with Crippen molar-refractivity contribution in [3.05, 3.63) is 29.8 Å². The molecule has 1 saturated heterocycles. The first-order valence-electron chi connectivity index (χ1n) is 9.15. The van der Waals surface area contributed by atoms with E-state index in [1.807, 2.05) is 0 Å². The van der Waals surface area contributed by atoms with Gasteiger partial charge in [-0.25, -0.2) is 9.59 Å². The molecule has 150 valence electrons. The molecule has 0 unspecified atom stereocenters. The van der Waals surface area contributed by atoms with E-state index in [9.17, 15) is 14.4 Å². The Morgan fingerprint density at radius 3 is 2.76 bits per heavy atom. The zero-order chi connectivity index (χ0) is 20.5. The van der Waals surface area contributed by atoms with E-state index in [2.05, 4.69) is 9.98 Å². The van der Waals surface area contributed by atoms with Gasteiger partial charge < -0.3 is 14.4 Å².